The number of carbonyl (C=O) groups is 1. The van der Waals surface area contributed by atoms with Crippen molar-refractivity contribution >= 4 is 45.7 Å². The lowest BCUT2D eigenvalue weighted by molar-refractivity contribution is 0.0925. The fourth-order valence-electron chi connectivity index (χ4n) is 1.29. The quantitative estimate of drug-likeness (QED) is 0.639. The first-order chi connectivity index (χ1) is 7.90. The predicted molar refractivity (Wildman–Crippen MR) is 82.1 cm³/mol. The number of thiocarbonyl (C=S) groups is 1. The van der Waals surface area contributed by atoms with Crippen molar-refractivity contribution in [1.29, 1.82) is 0 Å². The van der Waals surface area contributed by atoms with Crippen molar-refractivity contribution in [2.45, 2.75) is 25.8 Å². The van der Waals surface area contributed by atoms with Gasteiger partial charge in [0.15, 0.2) is 0 Å². The highest BCUT2D eigenvalue weighted by Crippen LogP contribution is 2.15. The summed E-state index contributed by atoms with van der Waals surface area (Å²) in [5.41, 5.74) is 5.67. The Balaban J connectivity index is 2.93. The minimum atomic E-state index is -0.634. The molecule has 0 fully saturated rings. The number of halogens is 1. The zero-order valence-corrected chi connectivity index (χ0v) is 12.8. The molecule has 1 aromatic rings. The Morgan fingerprint density at radius 3 is 2.59 bits per heavy atom. The summed E-state index contributed by atoms with van der Waals surface area (Å²) in [6, 6.07) is 7.40. The van der Waals surface area contributed by atoms with Gasteiger partial charge in [-0.3, -0.25) is 4.79 Å². The Labute approximate surface area is 120 Å². The van der Waals surface area contributed by atoms with Crippen molar-refractivity contribution in [1.82, 2.24) is 5.32 Å². The number of benzene rings is 1. The molecule has 0 heterocycles. The van der Waals surface area contributed by atoms with E-state index in [0.717, 1.165) is 3.57 Å². The zero-order chi connectivity index (χ0) is 13.1. The van der Waals surface area contributed by atoms with Gasteiger partial charge in [0.1, 0.15) is 0 Å². The van der Waals surface area contributed by atoms with Gasteiger partial charge in [-0.2, -0.15) is 0 Å². The van der Waals surface area contributed by atoms with E-state index in [0.29, 0.717) is 17.0 Å². The molecule has 1 rings (SSSR count). The molecular formula is C12H15IN2OS. The molecule has 0 bridgehead atoms. The zero-order valence-electron chi connectivity index (χ0n) is 9.79. The maximum Gasteiger partial charge on any atom is 0.253 e. The number of hydrogen-bond donors (Lipinski definition) is 2. The van der Waals surface area contributed by atoms with Gasteiger partial charge in [0.2, 0.25) is 0 Å². The van der Waals surface area contributed by atoms with E-state index in [9.17, 15) is 4.79 Å². The van der Waals surface area contributed by atoms with E-state index in [4.69, 9.17) is 18.0 Å². The number of carbonyl (C=O) groups excluding carboxylic acids is 1. The summed E-state index contributed by atoms with van der Waals surface area (Å²) in [5.74, 6) is -0.146. The van der Waals surface area contributed by atoms with Crippen molar-refractivity contribution in [3.63, 3.8) is 0 Å². The molecule has 92 valence electrons. The number of nitrogens with one attached hydrogen (secondary N) is 1. The molecule has 5 heteroatoms. The first-order valence-corrected chi connectivity index (χ1v) is 6.76. The number of rotatable bonds is 4. The first kappa shape index (κ1) is 14.4. The summed E-state index contributed by atoms with van der Waals surface area (Å²) in [6.45, 7) is 3.78. The Kier molecular flexibility index (Phi) is 4.88. The van der Waals surface area contributed by atoms with Gasteiger partial charge in [-0.05, 0) is 48.1 Å². The Morgan fingerprint density at radius 1 is 1.53 bits per heavy atom. The highest BCUT2D eigenvalue weighted by molar-refractivity contribution is 14.1. The molecule has 1 atom stereocenters. The number of hydrogen-bond acceptors (Lipinski definition) is 2. The summed E-state index contributed by atoms with van der Waals surface area (Å²) in [7, 11) is 0. The minimum absolute atomic E-state index is 0.146. The third-order valence-electron chi connectivity index (χ3n) is 2.76. The molecule has 0 saturated carbocycles. The van der Waals surface area contributed by atoms with Crippen LogP contribution < -0.4 is 11.1 Å². The molecule has 0 aliphatic rings. The molecule has 0 aliphatic heterocycles. The fraction of sp³-hybridized carbons (Fsp3) is 0.333. The van der Waals surface area contributed by atoms with E-state index in [1.54, 1.807) is 6.07 Å². The van der Waals surface area contributed by atoms with Crippen LogP contribution in [-0.4, -0.2) is 16.4 Å². The van der Waals surface area contributed by atoms with Crippen LogP contribution in [0, 0.1) is 3.57 Å². The van der Waals surface area contributed by atoms with E-state index in [1.807, 2.05) is 32.0 Å². The fourth-order valence-corrected chi connectivity index (χ4v) is 2.12. The van der Waals surface area contributed by atoms with E-state index < -0.39 is 5.54 Å². The van der Waals surface area contributed by atoms with Gasteiger partial charge in [0, 0.05) is 3.57 Å². The van der Waals surface area contributed by atoms with Gasteiger partial charge in [-0.25, -0.2) is 0 Å². The van der Waals surface area contributed by atoms with Gasteiger partial charge >= 0.3 is 0 Å². The van der Waals surface area contributed by atoms with Crippen LogP contribution in [0.15, 0.2) is 24.3 Å². The molecular weight excluding hydrogens is 347 g/mol. The number of amides is 1. The Hall–Kier alpha value is -0.690. The molecule has 0 saturated heterocycles. The van der Waals surface area contributed by atoms with E-state index in [1.165, 1.54) is 0 Å². The van der Waals surface area contributed by atoms with Crippen LogP contribution in [0.1, 0.15) is 30.6 Å². The van der Waals surface area contributed by atoms with Crippen LogP contribution in [0.5, 0.6) is 0 Å². The average Bonchev–Trinajstić information content (AvgIpc) is 2.29. The first-order valence-electron chi connectivity index (χ1n) is 5.27. The molecule has 1 aromatic carbocycles. The molecule has 3 N–H and O–H groups in total. The summed E-state index contributed by atoms with van der Waals surface area (Å²) in [5, 5.41) is 2.89. The molecule has 0 radical (unpaired) electrons. The van der Waals surface area contributed by atoms with Gasteiger partial charge < -0.3 is 11.1 Å². The summed E-state index contributed by atoms with van der Waals surface area (Å²) in [6.07, 6.45) is 0.664. The van der Waals surface area contributed by atoms with Gasteiger partial charge in [0.25, 0.3) is 5.91 Å². The highest BCUT2D eigenvalue weighted by Gasteiger charge is 2.28. The van der Waals surface area contributed by atoms with Crippen LogP contribution in [0.3, 0.4) is 0 Å². The molecule has 0 spiro atoms. The lowest BCUT2D eigenvalue weighted by atomic mass is 9.98. The van der Waals surface area contributed by atoms with Crippen molar-refractivity contribution in [3.05, 3.63) is 33.4 Å². The summed E-state index contributed by atoms with van der Waals surface area (Å²) < 4.78 is 0.906. The second-order valence-electron chi connectivity index (χ2n) is 3.98. The minimum Gasteiger partial charge on any atom is -0.391 e. The Morgan fingerprint density at radius 2 is 2.12 bits per heavy atom. The Bertz CT molecular complexity index is 450. The highest BCUT2D eigenvalue weighted by atomic mass is 127. The van der Waals surface area contributed by atoms with Gasteiger partial charge in [0.05, 0.1) is 16.1 Å². The van der Waals surface area contributed by atoms with Gasteiger partial charge in [-0.15, -0.1) is 0 Å². The molecule has 3 nitrogen and oxygen atoms in total. The smallest absolute Gasteiger partial charge is 0.253 e. The van der Waals surface area contributed by atoms with Gasteiger partial charge in [-0.1, -0.05) is 31.3 Å². The normalized spacial score (nSPS) is 13.8. The lowest BCUT2D eigenvalue weighted by Gasteiger charge is -2.28. The second-order valence-corrected chi connectivity index (χ2v) is 5.59. The summed E-state index contributed by atoms with van der Waals surface area (Å²) >= 11 is 7.12. The molecule has 0 aromatic heterocycles. The maximum atomic E-state index is 12.1. The van der Waals surface area contributed by atoms with Crippen LogP contribution in [0.25, 0.3) is 0 Å². The van der Waals surface area contributed by atoms with Crippen LogP contribution in [-0.2, 0) is 0 Å². The van der Waals surface area contributed by atoms with Crippen molar-refractivity contribution in [2.24, 2.45) is 5.73 Å². The van der Waals surface area contributed by atoms with E-state index in [2.05, 4.69) is 27.9 Å². The lowest BCUT2D eigenvalue weighted by Crippen LogP contribution is -2.54. The topological polar surface area (TPSA) is 55.1 Å². The number of nitrogens with two attached hydrogens (primary N) is 1. The maximum absolute atomic E-state index is 12.1. The monoisotopic (exact) mass is 362 g/mol. The van der Waals surface area contributed by atoms with E-state index >= 15 is 0 Å². The van der Waals surface area contributed by atoms with Crippen molar-refractivity contribution in [3.8, 4) is 0 Å². The second kappa shape index (κ2) is 5.77. The largest absolute Gasteiger partial charge is 0.391 e. The molecule has 0 aliphatic carbocycles. The van der Waals surface area contributed by atoms with Crippen LogP contribution in [0.4, 0.5) is 0 Å². The van der Waals surface area contributed by atoms with Crippen LogP contribution in [0.2, 0.25) is 0 Å². The molecule has 17 heavy (non-hydrogen) atoms. The SMILES string of the molecule is CCC(C)(NC(=O)c1ccccc1I)C(N)=S. The third-order valence-corrected chi connectivity index (χ3v) is 4.15. The van der Waals surface area contributed by atoms with Crippen LogP contribution >= 0.6 is 34.8 Å². The van der Waals surface area contributed by atoms with Crippen molar-refractivity contribution < 1.29 is 4.79 Å². The molecule has 1 unspecified atom stereocenters. The average molecular weight is 362 g/mol. The predicted octanol–water partition coefficient (Wildman–Crippen LogP) is 2.48. The third kappa shape index (κ3) is 3.38. The molecule has 1 amide bonds. The summed E-state index contributed by atoms with van der Waals surface area (Å²) in [4.78, 5) is 12.4. The van der Waals surface area contributed by atoms with E-state index in [-0.39, 0.29) is 5.91 Å². The standard InChI is InChI=1S/C12H15IN2OS/c1-3-12(2,11(14)17)15-10(16)8-6-4-5-7-9(8)13/h4-7H,3H2,1-2H3,(H2,14,17)(H,15,16). The van der Waals surface area contributed by atoms with Crippen molar-refractivity contribution in [2.75, 3.05) is 0 Å².